The van der Waals surface area contributed by atoms with Crippen LogP contribution in [0.5, 0.6) is 0 Å². The quantitative estimate of drug-likeness (QED) is 0.573. The molecule has 1 aliphatic rings. The molecule has 1 atom stereocenters. The number of halogens is 3. The van der Waals surface area contributed by atoms with Gasteiger partial charge >= 0.3 is 11.8 Å². The van der Waals surface area contributed by atoms with E-state index in [1.807, 2.05) is 6.07 Å². The Bertz CT molecular complexity index is 1150. The lowest BCUT2D eigenvalue weighted by atomic mass is 9.90. The Morgan fingerprint density at radius 2 is 1.90 bits per heavy atom. The molecular weight excluding hydrogens is 424 g/mol. The first-order valence-corrected chi connectivity index (χ1v) is 10.4. The van der Waals surface area contributed by atoms with E-state index in [9.17, 15) is 18.4 Å². The molecule has 1 aromatic heterocycles. The number of carbonyl (C=O) groups excluding carboxylic acids is 2. The smallest absolute Gasteiger partial charge is 0.313 e. The lowest BCUT2D eigenvalue weighted by molar-refractivity contribution is -0.143. The number of fused-ring (bicyclic) bond motifs is 1. The maximum Gasteiger partial charge on any atom is 0.313 e. The van der Waals surface area contributed by atoms with Crippen LogP contribution in [0.1, 0.15) is 30.7 Å². The van der Waals surface area contributed by atoms with Gasteiger partial charge in [0.15, 0.2) is 0 Å². The minimum absolute atomic E-state index is 0.0965. The van der Waals surface area contributed by atoms with Gasteiger partial charge in [0.1, 0.15) is 11.6 Å². The largest absolute Gasteiger partial charge is 0.334 e. The van der Waals surface area contributed by atoms with Crippen LogP contribution >= 0.6 is 11.6 Å². The van der Waals surface area contributed by atoms with Gasteiger partial charge in [-0.3, -0.25) is 14.6 Å². The molecule has 1 aliphatic heterocycles. The van der Waals surface area contributed by atoms with E-state index in [0.29, 0.717) is 25.9 Å². The molecule has 2 amide bonds. The first-order chi connectivity index (χ1) is 14.9. The Morgan fingerprint density at radius 3 is 2.71 bits per heavy atom. The van der Waals surface area contributed by atoms with Crippen molar-refractivity contribution >= 4 is 40.0 Å². The molecule has 1 fully saturated rings. The van der Waals surface area contributed by atoms with Gasteiger partial charge in [-0.05, 0) is 73.2 Å². The molecule has 4 rings (SSSR count). The second-order valence-corrected chi connectivity index (χ2v) is 8.00. The van der Waals surface area contributed by atoms with Crippen LogP contribution in [0.2, 0.25) is 5.02 Å². The van der Waals surface area contributed by atoms with Crippen molar-refractivity contribution < 1.29 is 18.4 Å². The summed E-state index contributed by atoms with van der Waals surface area (Å²) in [5.41, 5.74) is 1.62. The van der Waals surface area contributed by atoms with E-state index < -0.39 is 17.6 Å². The molecule has 0 spiro atoms. The van der Waals surface area contributed by atoms with Crippen molar-refractivity contribution in [3.05, 3.63) is 70.9 Å². The standard InChI is InChI=1S/C23H20ClF2N3O2/c24-15-3-5-21(19(26)12-15)28-22(30)23(31)29-10-1-2-14(8-11-29)17-7-9-27-20-6-4-16(25)13-18(17)20/h3-7,9,12-14H,1-2,8,10-11H2,(H,28,30). The number of nitrogens with zero attached hydrogens (tertiary/aromatic N) is 2. The van der Waals surface area contributed by atoms with Gasteiger partial charge in [-0.25, -0.2) is 8.78 Å². The number of rotatable bonds is 2. The molecule has 8 heteroatoms. The molecule has 160 valence electrons. The maximum atomic E-state index is 13.9. The molecule has 3 aromatic rings. The third kappa shape index (κ3) is 4.66. The molecule has 0 aliphatic carbocycles. The molecule has 0 radical (unpaired) electrons. The summed E-state index contributed by atoms with van der Waals surface area (Å²) < 4.78 is 27.7. The van der Waals surface area contributed by atoms with E-state index in [1.165, 1.54) is 29.2 Å². The third-order valence-corrected chi connectivity index (χ3v) is 5.80. The number of anilines is 1. The number of amides is 2. The third-order valence-electron chi connectivity index (χ3n) is 5.57. The second-order valence-electron chi connectivity index (χ2n) is 7.56. The van der Waals surface area contributed by atoms with Crippen LogP contribution in [0.4, 0.5) is 14.5 Å². The zero-order valence-electron chi connectivity index (χ0n) is 16.6. The first kappa shape index (κ1) is 21.2. The van der Waals surface area contributed by atoms with Gasteiger partial charge in [0.25, 0.3) is 0 Å². The number of pyridine rings is 1. The van der Waals surface area contributed by atoms with E-state index in [1.54, 1.807) is 12.3 Å². The zero-order valence-corrected chi connectivity index (χ0v) is 17.3. The van der Waals surface area contributed by atoms with Crippen LogP contribution in [0.3, 0.4) is 0 Å². The summed E-state index contributed by atoms with van der Waals surface area (Å²) >= 11 is 5.71. The van der Waals surface area contributed by atoms with Gasteiger partial charge < -0.3 is 10.2 Å². The summed E-state index contributed by atoms with van der Waals surface area (Å²) in [5, 5.41) is 3.28. The van der Waals surface area contributed by atoms with Crippen LogP contribution in [-0.4, -0.2) is 34.8 Å². The Labute approximate surface area is 183 Å². The van der Waals surface area contributed by atoms with Crippen molar-refractivity contribution in [2.24, 2.45) is 0 Å². The number of hydrogen-bond donors (Lipinski definition) is 1. The molecule has 5 nitrogen and oxygen atoms in total. The van der Waals surface area contributed by atoms with Crippen molar-refractivity contribution in [3.8, 4) is 0 Å². The average molecular weight is 444 g/mol. The minimum atomic E-state index is -0.892. The van der Waals surface area contributed by atoms with Gasteiger partial charge in [0.2, 0.25) is 0 Å². The van der Waals surface area contributed by atoms with Crippen molar-refractivity contribution in [3.63, 3.8) is 0 Å². The van der Waals surface area contributed by atoms with Crippen molar-refractivity contribution in [2.75, 3.05) is 18.4 Å². The summed E-state index contributed by atoms with van der Waals surface area (Å²) in [7, 11) is 0. The van der Waals surface area contributed by atoms with E-state index in [4.69, 9.17) is 11.6 Å². The highest BCUT2D eigenvalue weighted by atomic mass is 35.5. The number of aromatic nitrogens is 1. The molecule has 31 heavy (non-hydrogen) atoms. The fraction of sp³-hybridized carbons (Fsp3) is 0.261. The fourth-order valence-electron chi connectivity index (χ4n) is 4.02. The van der Waals surface area contributed by atoms with Crippen molar-refractivity contribution in [1.82, 2.24) is 9.88 Å². The summed E-state index contributed by atoms with van der Waals surface area (Å²) in [6.45, 7) is 0.794. The Balaban J connectivity index is 1.46. The van der Waals surface area contributed by atoms with Crippen LogP contribution in [0, 0.1) is 11.6 Å². The van der Waals surface area contributed by atoms with Gasteiger partial charge in [-0.1, -0.05) is 11.6 Å². The minimum Gasteiger partial charge on any atom is -0.334 e. The molecule has 0 saturated carbocycles. The molecule has 1 unspecified atom stereocenters. The predicted octanol–water partition coefficient (Wildman–Crippen LogP) is 4.90. The number of likely N-dealkylation sites (tertiary alicyclic amines) is 1. The summed E-state index contributed by atoms with van der Waals surface area (Å²) in [4.78, 5) is 30.8. The monoisotopic (exact) mass is 443 g/mol. The van der Waals surface area contributed by atoms with Crippen LogP contribution < -0.4 is 5.32 Å². The Hall–Kier alpha value is -3.06. The molecule has 2 aromatic carbocycles. The van der Waals surface area contributed by atoms with E-state index >= 15 is 0 Å². The summed E-state index contributed by atoms with van der Waals surface area (Å²) in [6.07, 6.45) is 3.83. The highest BCUT2D eigenvalue weighted by Gasteiger charge is 2.27. The lowest BCUT2D eigenvalue weighted by Gasteiger charge is -2.20. The van der Waals surface area contributed by atoms with E-state index in [-0.39, 0.29) is 22.4 Å². The number of hydrogen-bond acceptors (Lipinski definition) is 3. The summed E-state index contributed by atoms with van der Waals surface area (Å²) in [6, 6.07) is 10.2. The van der Waals surface area contributed by atoms with E-state index in [0.717, 1.165) is 29.0 Å². The molecule has 1 saturated heterocycles. The fourth-order valence-corrected chi connectivity index (χ4v) is 4.18. The topological polar surface area (TPSA) is 62.3 Å². The average Bonchev–Trinajstić information content (AvgIpc) is 3.01. The Kier molecular flexibility index (Phi) is 6.13. The van der Waals surface area contributed by atoms with Gasteiger partial charge in [0, 0.05) is 29.7 Å². The summed E-state index contributed by atoms with van der Waals surface area (Å²) in [5.74, 6) is -2.52. The molecule has 0 bridgehead atoms. The highest BCUT2D eigenvalue weighted by molar-refractivity contribution is 6.39. The lowest BCUT2D eigenvalue weighted by Crippen LogP contribution is -2.40. The first-order valence-electron chi connectivity index (χ1n) is 10.0. The molecule has 1 N–H and O–H groups in total. The number of benzene rings is 2. The van der Waals surface area contributed by atoms with Crippen LogP contribution in [0.15, 0.2) is 48.7 Å². The SMILES string of the molecule is O=C(Nc1ccc(Cl)cc1F)C(=O)N1CCCC(c2ccnc3ccc(F)cc23)CC1. The maximum absolute atomic E-state index is 13.9. The molecule has 2 heterocycles. The Morgan fingerprint density at radius 1 is 1.06 bits per heavy atom. The normalized spacial score (nSPS) is 16.7. The van der Waals surface area contributed by atoms with Crippen molar-refractivity contribution in [1.29, 1.82) is 0 Å². The van der Waals surface area contributed by atoms with Gasteiger partial charge in [-0.2, -0.15) is 0 Å². The predicted molar refractivity (Wildman–Crippen MR) is 115 cm³/mol. The zero-order chi connectivity index (χ0) is 22.0. The number of nitrogens with one attached hydrogen (secondary N) is 1. The van der Waals surface area contributed by atoms with Crippen molar-refractivity contribution in [2.45, 2.75) is 25.2 Å². The van der Waals surface area contributed by atoms with Crippen LogP contribution in [-0.2, 0) is 9.59 Å². The number of carbonyl (C=O) groups is 2. The highest BCUT2D eigenvalue weighted by Crippen LogP contribution is 2.33. The second kappa shape index (κ2) is 8.98. The van der Waals surface area contributed by atoms with Gasteiger partial charge in [-0.15, -0.1) is 0 Å². The van der Waals surface area contributed by atoms with Gasteiger partial charge in [0.05, 0.1) is 11.2 Å². The van der Waals surface area contributed by atoms with E-state index in [2.05, 4.69) is 10.3 Å². The molecular formula is C23H20ClF2N3O2. The van der Waals surface area contributed by atoms with Crippen LogP contribution in [0.25, 0.3) is 10.9 Å².